The number of rotatable bonds is 7. The minimum absolute atomic E-state index is 0.153. The summed E-state index contributed by atoms with van der Waals surface area (Å²) in [6.07, 6.45) is 0. The van der Waals surface area contributed by atoms with E-state index in [2.05, 4.69) is 4.74 Å². The number of hydrogen-bond acceptors (Lipinski definition) is 5. The Morgan fingerprint density at radius 2 is 1.67 bits per heavy atom. The zero-order chi connectivity index (χ0) is 11.9. The summed E-state index contributed by atoms with van der Waals surface area (Å²) in [5.41, 5.74) is 0. The highest BCUT2D eigenvalue weighted by molar-refractivity contribution is 7.57. The predicted octanol–water partition coefficient (Wildman–Crippen LogP) is 2.38. The van der Waals surface area contributed by atoms with E-state index in [4.69, 9.17) is 20.6 Å². The summed E-state index contributed by atoms with van der Waals surface area (Å²) in [6, 6.07) is 0. The molecule has 7 heteroatoms. The average molecular weight is 259 g/mol. The van der Waals surface area contributed by atoms with Crippen molar-refractivity contribution in [3.8, 4) is 0 Å². The van der Waals surface area contributed by atoms with Crippen LogP contribution in [-0.2, 0) is 23.1 Å². The monoisotopic (exact) mass is 258 g/mol. The molecule has 1 atom stereocenters. The number of esters is 1. The molecule has 15 heavy (non-hydrogen) atoms. The van der Waals surface area contributed by atoms with E-state index in [1.165, 1.54) is 0 Å². The van der Waals surface area contributed by atoms with Crippen LogP contribution in [0.5, 0.6) is 0 Å². The maximum Gasteiger partial charge on any atom is 0.359 e. The van der Waals surface area contributed by atoms with E-state index in [1.807, 2.05) is 0 Å². The van der Waals surface area contributed by atoms with E-state index < -0.39 is 18.7 Å². The Hall–Kier alpha value is -0.0900. The third-order valence-corrected chi connectivity index (χ3v) is 4.27. The molecule has 0 aromatic heterocycles. The first-order valence-electron chi connectivity index (χ1n) is 4.71. The van der Waals surface area contributed by atoms with Crippen LogP contribution in [0.25, 0.3) is 0 Å². The molecule has 0 aliphatic rings. The standard InChI is InChI=1S/C8H16ClO5P/c1-4-12-8(10)7(9)15(11,13-5-2)14-6-3/h7H,4-6H2,1-3H3. The Kier molecular flexibility index (Phi) is 7.18. The fourth-order valence-corrected chi connectivity index (χ4v) is 2.66. The number of hydrogen-bond donors (Lipinski definition) is 0. The largest absolute Gasteiger partial charge is 0.464 e. The van der Waals surface area contributed by atoms with Crippen LogP contribution in [-0.4, -0.2) is 30.9 Å². The molecule has 0 spiro atoms. The summed E-state index contributed by atoms with van der Waals surface area (Å²) >= 11 is 5.69. The van der Waals surface area contributed by atoms with Gasteiger partial charge in [0.15, 0.2) is 0 Å². The van der Waals surface area contributed by atoms with Crippen molar-refractivity contribution in [3.63, 3.8) is 0 Å². The van der Waals surface area contributed by atoms with Crippen LogP contribution >= 0.6 is 19.2 Å². The summed E-state index contributed by atoms with van der Waals surface area (Å²) in [6.45, 7) is 5.38. The molecule has 0 N–H and O–H groups in total. The predicted molar refractivity (Wildman–Crippen MR) is 57.1 cm³/mol. The second kappa shape index (κ2) is 7.23. The first-order valence-corrected chi connectivity index (χ1v) is 6.76. The SMILES string of the molecule is CCOC(=O)C(Cl)P(=O)(OCC)OCC. The molecule has 0 rings (SSSR count). The lowest BCUT2D eigenvalue weighted by Gasteiger charge is -2.20. The highest BCUT2D eigenvalue weighted by atomic mass is 35.5. The van der Waals surface area contributed by atoms with Gasteiger partial charge in [-0.2, -0.15) is 0 Å². The average Bonchev–Trinajstić information content (AvgIpc) is 2.17. The Bertz CT molecular complexity index is 235. The molecule has 0 saturated carbocycles. The molecule has 1 unspecified atom stereocenters. The number of ether oxygens (including phenoxy) is 1. The van der Waals surface area contributed by atoms with Gasteiger partial charge in [-0.3, -0.25) is 4.57 Å². The Labute approximate surface area is 94.6 Å². The maximum atomic E-state index is 12.0. The lowest BCUT2D eigenvalue weighted by molar-refractivity contribution is -0.141. The Balaban J connectivity index is 4.60. The van der Waals surface area contributed by atoms with E-state index in [1.54, 1.807) is 20.8 Å². The van der Waals surface area contributed by atoms with Gasteiger partial charge in [0.25, 0.3) is 0 Å². The molecule has 0 radical (unpaired) electrons. The molecule has 90 valence electrons. The van der Waals surface area contributed by atoms with Gasteiger partial charge in [0, 0.05) is 0 Å². The van der Waals surface area contributed by atoms with Gasteiger partial charge in [0.05, 0.1) is 19.8 Å². The topological polar surface area (TPSA) is 61.8 Å². The highest BCUT2D eigenvalue weighted by Gasteiger charge is 2.40. The van der Waals surface area contributed by atoms with Crippen LogP contribution in [0, 0.1) is 0 Å². The zero-order valence-corrected chi connectivity index (χ0v) is 10.7. The summed E-state index contributed by atoms with van der Waals surface area (Å²) in [7, 11) is -3.61. The smallest absolute Gasteiger partial charge is 0.359 e. The Morgan fingerprint density at radius 3 is 2.00 bits per heavy atom. The molecule has 5 nitrogen and oxygen atoms in total. The number of carbonyl (C=O) groups excluding carboxylic acids is 1. The van der Waals surface area contributed by atoms with Crippen molar-refractivity contribution in [1.29, 1.82) is 0 Å². The van der Waals surface area contributed by atoms with Gasteiger partial charge in [0.2, 0.25) is 5.12 Å². The fourth-order valence-electron chi connectivity index (χ4n) is 0.868. The number of halogens is 1. The number of alkyl halides is 1. The van der Waals surface area contributed by atoms with Crippen molar-refractivity contribution in [1.82, 2.24) is 0 Å². The number of carbonyl (C=O) groups is 1. The molecule has 0 fully saturated rings. The van der Waals surface area contributed by atoms with Crippen LogP contribution < -0.4 is 0 Å². The molecule has 0 amide bonds. The van der Waals surface area contributed by atoms with Gasteiger partial charge >= 0.3 is 13.6 Å². The van der Waals surface area contributed by atoms with Crippen LogP contribution in [0.3, 0.4) is 0 Å². The molecular weight excluding hydrogens is 243 g/mol. The van der Waals surface area contributed by atoms with E-state index in [0.29, 0.717) is 0 Å². The molecule has 0 aliphatic heterocycles. The summed E-state index contributed by atoms with van der Waals surface area (Å²) < 4.78 is 26.4. The van der Waals surface area contributed by atoms with Gasteiger partial charge in [-0.1, -0.05) is 11.6 Å². The van der Waals surface area contributed by atoms with Crippen LogP contribution in [0.2, 0.25) is 0 Å². The molecule has 0 aliphatic carbocycles. The van der Waals surface area contributed by atoms with Crippen molar-refractivity contribution in [2.24, 2.45) is 0 Å². The first-order chi connectivity index (χ1) is 7.01. The van der Waals surface area contributed by atoms with E-state index in [9.17, 15) is 9.36 Å². The van der Waals surface area contributed by atoms with Crippen molar-refractivity contribution in [2.45, 2.75) is 25.9 Å². The molecular formula is C8H16ClO5P. The quantitative estimate of drug-likeness (QED) is 0.399. The highest BCUT2D eigenvalue weighted by Crippen LogP contribution is 2.55. The fraction of sp³-hybridized carbons (Fsp3) is 0.875. The van der Waals surface area contributed by atoms with Gasteiger partial charge in [0.1, 0.15) is 0 Å². The van der Waals surface area contributed by atoms with Crippen molar-refractivity contribution in [3.05, 3.63) is 0 Å². The van der Waals surface area contributed by atoms with Crippen LogP contribution in [0.1, 0.15) is 20.8 Å². The first kappa shape index (κ1) is 14.9. The summed E-state index contributed by atoms with van der Waals surface area (Å²) in [5.74, 6) is -0.788. The molecule has 0 bridgehead atoms. The van der Waals surface area contributed by atoms with E-state index in [-0.39, 0.29) is 19.8 Å². The van der Waals surface area contributed by atoms with Crippen LogP contribution in [0.4, 0.5) is 0 Å². The summed E-state index contributed by atoms with van der Waals surface area (Å²) in [5, 5.41) is -1.41. The van der Waals surface area contributed by atoms with Gasteiger partial charge < -0.3 is 13.8 Å². The molecule has 0 heterocycles. The minimum atomic E-state index is -3.61. The molecule has 0 aromatic carbocycles. The summed E-state index contributed by atoms with van der Waals surface area (Å²) in [4.78, 5) is 11.3. The van der Waals surface area contributed by atoms with Gasteiger partial charge in [-0.25, -0.2) is 4.79 Å². The Morgan fingerprint density at radius 1 is 1.20 bits per heavy atom. The lowest BCUT2D eigenvalue weighted by atomic mass is 10.7. The minimum Gasteiger partial charge on any atom is -0.464 e. The van der Waals surface area contributed by atoms with Crippen molar-refractivity contribution >= 4 is 25.2 Å². The maximum absolute atomic E-state index is 12.0. The van der Waals surface area contributed by atoms with Crippen molar-refractivity contribution < 1.29 is 23.1 Å². The van der Waals surface area contributed by atoms with Gasteiger partial charge in [-0.15, -0.1) is 0 Å². The second-order valence-electron chi connectivity index (χ2n) is 2.46. The van der Waals surface area contributed by atoms with Crippen LogP contribution in [0.15, 0.2) is 0 Å². The van der Waals surface area contributed by atoms with Crippen molar-refractivity contribution in [2.75, 3.05) is 19.8 Å². The second-order valence-corrected chi connectivity index (χ2v) is 5.32. The normalized spacial score (nSPS) is 13.6. The molecule has 0 saturated heterocycles. The third kappa shape index (κ3) is 4.51. The van der Waals surface area contributed by atoms with Gasteiger partial charge in [-0.05, 0) is 20.8 Å². The van der Waals surface area contributed by atoms with E-state index in [0.717, 1.165) is 0 Å². The van der Waals surface area contributed by atoms with E-state index >= 15 is 0 Å². The third-order valence-electron chi connectivity index (χ3n) is 1.38. The molecule has 0 aromatic rings. The zero-order valence-electron chi connectivity index (χ0n) is 9.07. The lowest BCUT2D eigenvalue weighted by Crippen LogP contribution is -2.20.